The molecule has 2 aromatic heterocycles. The molecule has 0 amide bonds. The summed E-state index contributed by atoms with van der Waals surface area (Å²) in [6.45, 7) is 4.54. The van der Waals surface area contributed by atoms with Crippen molar-refractivity contribution in [3.63, 3.8) is 0 Å². The second-order valence-electron chi connectivity index (χ2n) is 5.99. The minimum Gasteiger partial charge on any atom is -0.377 e. The number of piperazine rings is 1. The van der Waals surface area contributed by atoms with Crippen molar-refractivity contribution in [1.29, 1.82) is 0 Å². The van der Waals surface area contributed by atoms with Crippen LogP contribution in [0, 0.1) is 0 Å². The molecule has 1 aromatic carbocycles. The molecule has 3 aromatic rings. The quantitative estimate of drug-likeness (QED) is 0.770. The Bertz CT molecular complexity index is 821. The van der Waals surface area contributed by atoms with E-state index in [9.17, 15) is 0 Å². The van der Waals surface area contributed by atoms with Crippen molar-refractivity contribution in [3.8, 4) is 11.1 Å². The van der Waals surface area contributed by atoms with Gasteiger partial charge in [-0.05, 0) is 29.8 Å². The first kappa shape index (κ1) is 15.1. The standard InChI is InChI=1S/C18H21N5O/c1-24-12-17-21-15-4-2-13(10-16(15)22-17)14-3-5-18(20-11-14)23-8-6-19-7-9-23/h2-5,10-11,19H,6-9,12H2,1H3,(H,21,22). The number of aromatic amines is 1. The van der Waals surface area contributed by atoms with Gasteiger partial charge in [0.2, 0.25) is 0 Å². The van der Waals surface area contributed by atoms with E-state index in [0.717, 1.165) is 60.0 Å². The molecule has 0 unspecified atom stereocenters. The van der Waals surface area contributed by atoms with Crippen LogP contribution in [0.5, 0.6) is 0 Å². The lowest BCUT2D eigenvalue weighted by molar-refractivity contribution is 0.179. The minimum absolute atomic E-state index is 0.491. The zero-order valence-electron chi connectivity index (χ0n) is 13.7. The number of nitrogens with one attached hydrogen (secondary N) is 2. The third-order valence-electron chi connectivity index (χ3n) is 4.33. The summed E-state index contributed by atoms with van der Waals surface area (Å²) in [4.78, 5) is 14.8. The fourth-order valence-corrected chi connectivity index (χ4v) is 3.08. The average molecular weight is 323 g/mol. The smallest absolute Gasteiger partial charge is 0.133 e. The van der Waals surface area contributed by atoms with E-state index in [-0.39, 0.29) is 0 Å². The van der Waals surface area contributed by atoms with Gasteiger partial charge in [-0.2, -0.15) is 0 Å². The summed E-state index contributed by atoms with van der Waals surface area (Å²) >= 11 is 0. The summed E-state index contributed by atoms with van der Waals surface area (Å²) in [5.74, 6) is 1.89. The van der Waals surface area contributed by atoms with Crippen LogP contribution in [0.3, 0.4) is 0 Å². The monoisotopic (exact) mass is 323 g/mol. The molecule has 0 spiro atoms. The lowest BCUT2D eigenvalue weighted by Crippen LogP contribution is -2.43. The molecule has 1 saturated heterocycles. The molecule has 6 nitrogen and oxygen atoms in total. The Morgan fingerprint density at radius 3 is 2.71 bits per heavy atom. The molecular formula is C18H21N5O. The van der Waals surface area contributed by atoms with Crippen LogP contribution in [0.1, 0.15) is 5.82 Å². The number of imidazole rings is 1. The van der Waals surface area contributed by atoms with E-state index < -0.39 is 0 Å². The molecule has 0 bridgehead atoms. The number of rotatable bonds is 4. The number of H-pyrrole nitrogens is 1. The fraction of sp³-hybridized carbons (Fsp3) is 0.333. The van der Waals surface area contributed by atoms with E-state index in [1.165, 1.54) is 0 Å². The number of fused-ring (bicyclic) bond motifs is 1. The number of aromatic nitrogens is 3. The van der Waals surface area contributed by atoms with Gasteiger partial charge in [0.25, 0.3) is 0 Å². The molecule has 1 aliphatic rings. The summed E-state index contributed by atoms with van der Waals surface area (Å²) in [6.07, 6.45) is 1.95. The highest BCUT2D eigenvalue weighted by molar-refractivity contribution is 5.82. The average Bonchev–Trinajstić information content (AvgIpc) is 3.04. The summed E-state index contributed by atoms with van der Waals surface area (Å²) in [5.41, 5.74) is 4.22. The summed E-state index contributed by atoms with van der Waals surface area (Å²) in [5, 5.41) is 3.36. The van der Waals surface area contributed by atoms with Crippen LogP contribution in [-0.4, -0.2) is 48.2 Å². The predicted molar refractivity (Wildman–Crippen MR) is 95.1 cm³/mol. The second-order valence-corrected chi connectivity index (χ2v) is 5.99. The van der Waals surface area contributed by atoms with E-state index in [2.05, 4.69) is 49.4 Å². The van der Waals surface area contributed by atoms with E-state index in [0.29, 0.717) is 6.61 Å². The molecule has 2 N–H and O–H groups in total. The SMILES string of the molecule is COCc1nc2ccc(-c3ccc(N4CCNCC4)nc3)cc2[nH]1. The van der Waals surface area contributed by atoms with Crippen LogP contribution < -0.4 is 10.2 Å². The van der Waals surface area contributed by atoms with E-state index >= 15 is 0 Å². The number of methoxy groups -OCH3 is 1. The van der Waals surface area contributed by atoms with Crippen molar-refractivity contribution in [2.75, 3.05) is 38.2 Å². The number of nitrogens with zero attached hydrogens (tertiary/aromatic N) is 3. The zero-order chi connectivity index (χ0) is 16.4. The molecule has 0 aliphatic carbocycles. The normalized spacial score (nSPS) is 15.1. The number of benzene rings is 1. The third-order valence-corrected chi connectivity index (χ3v) is 4.33. The maximum Gasteiger partial charge on any atom is 0.133 e. The van der Waals surface area contributed by atoms with Gasteiger partial charge in [-0.15, -0.1) is 0 Å². The van der Waals surface area contributed by atoms with Crippen molar-refractivity contribution < 1.29 is 4.74 Å². The van der Waals surface area contributed by atoms with Crippen LogP contribution in [0.4, 0.5) is 5.82 Å². The van der Waals surface area contributed by atoms with Gasteiger partial charge in [-0.1, -0.05) is 6.07 Å². The van der Waals surface area contributed by atoms with Crippen molar-refractivity contribution in [3.05, 3.63) is 42.4 Å². The molecular weight excluding hydrogens is 302 g/mol. The Morgan fingerprint density at radius 2 is 1.96 bits per heavy atom. The Kier molecular flexibility index (Phi) is 4.15. The fourth-order valence-electron chi connectivity index (χ4n) is 3.08. The Labute approximate surface area is 140 Å². The largest absolute Gasteiger partial charge is 0.377 e. The minimum atomic E-state index is 0.491. The first-order chi connectivity index (χ1) is 11.8. The first-order valence-electron chi connectivity index (χ1n) is 8.23. The van der Waals surface area contributed by atoms with Gasteiger partial charge in [-0.25, -0.2) is 9.97 Å². The predicted octanol–water partition coefficient (Wildman–Crippen LogP) is 2.18. The molecule has 1 fully saturated rings. The van der Waals surface area contributed by atoms with Crippen molar-refractivity contribution in [2.45, 2.75) is 6.61 Å². The maximum atomic E-state index is 5.13. The number of pyridine rings is 1. The molecule has 124 valence electrons. The first-order valence-corrected chi connectivity index (χ1v) is 8.23. The highest BCUT2D eigenvalue weighted by Crippen LogP contribution is 2.24. The lowest BCUT2D eigenvalue weighted by atomic mass is 10.1. The molecule has 0 radical (unpaired) electrons. The summed E-state index contributed by atoms with van der Waals surface area (Å²) < 4.78 is 5.13. The number of hydrogen-bond donors (Lipinski definition) is 2. The van der Waals surface area contributed by atoms with E-state index in [1.54, 1.807) is 7.11 Å². The zero-order valence-corrected chi connectivity index (χ0v) is 13.7. The van der Waals surface area contributed by atoms with Crippen molar-refractivity contribution in [2.24, 2.45) is 0 Å². The number of hydrogen-bond acceptors (Lipinski definition) is 5. The van der Waals surface area contributed by atoms with Crippen LogP contribution in [0.2, 0.25) is 0 Å². The maximum absolute atomic E-state index is 5.13. The van der Waals surface area contributed by atoms with Gasteiger partial charge in [0.05, 0.1) is 11.0 Å². The topological polar surface area (TPSA) is 66.1 Å². The van der Waals surface area contributed by atoms with Gasteiger partial charge in [0.15, 0.2) is 0 Å². The summed E-state index contributed by atoms with van der Waals surface area (Å²) in [6, 6.07) is 10.5. The highest BCUT2D eigenvalue weighted by Gasteiger charge is 2.12. The number of anilines is 1. The lowest BCUT2D eigenvalue weighted by Gasteiger charge is -2.28. The van der Waals surface area contributed by atoms with Crippen LogP contribution in [0.25, 0.3) is 22.2 Å². The Balaban J connectivity index is 1.59. The Morgan fingerprint density at radius 1 is 1.12 bits per heavy atom. The van der Waals surface area contributed by atoms with E-state index in [4.69, 9.17) is 4.74 Å². The van der Waals surface area contributed by atoms with Crippen molar-refractivity contribution >= 4 is 16.9 Å². The van der Waals surface area contributed by atoms with Crippen molar-refractivity contribution in [1.82, 2.24) is 20.3 Å². The van der Waals surface area contributed by atoms with Gasteiger partial charge in [0.1, 0.15) is 18.2 Å². The molecule has 1 aliphatic heterocycles. The van der Waals surface area contributed by atoms with E-state index in [1.807, 2.05) is 12.3 Å². The third kappa shape index (κ3) is 2.98. The molecule has 0 atom stereocenters. The molecule has 3 heterocycles. The van der Waals surface area contributed by atoms with Gasteiger partial charge in [-0.3, -0.25) is 0 Å². The van der Waals surface area contributed by atoms with Crippen LogP contribution in [0.15, 0.2) is 36.5 Å². The molecule has 6 heteroatoms. The van der Waals surface area contributed by atoms with Gasteiger partial charge >= 0.3 is 0 Å². The summed E-state index contributed by atoms with van der Waals surface area (Å²) in [7, 11) is 1.67. The molecule has 0 saturated carbocycles. The number of ether oxygens (including phenoxy) is 1. The van der Waals surface area contributed by atoms with Gasteiger partial charge < -0.3 is 19.9 Å². The van der Waals surface area contributed by atoms with Gasteiger partial charge in [0, 0.05) is 45.0 Å². The second kappa shape index (κ2) is 6.59. The molecule has 24 heavy (non-hydrogen) atoms. The molecule has 4 rings (SSSR count). The Hall–Kier alpha value is -2.44. The van der Waals surface area contributed by atoms with Crippen LogP contribution in [-0.2, 0) is 11.3 Å². The highest BCUT2D eigenvalue weighted by atomic mass is 16.5. The van der Waals surface area contributed by atoms with Crippen LogP contribution >= 0.6 is 0 Å².